The molecule has 0 saturated carbocycles. The molecule has 2 aliphatic heterocycles. The van der Waals surface area contributed by atoms with Crippen LogP contribution < -0.4 is 10.2 Å². The zero-order valence-electron chi connectivity index (χ0n) is 12.5. The summed E-state index contributed by atoms with van der Waals surface area (Å²) in [6.45, 7) is 5.05. The molecule has 3 heterocycles. The minimum Gasteiger partial charge on any atom is -0.339 e. The van der Waals surface area contributed by atoms with E-state index in [1.54, 1.807) is 12.4 Å². The summed E-state index contributed by atoms with van der Waals surface area (Å²) >= 11 is 0. The van der Waals surface area contributed by atoms with E-state index < -0.39 is 0 Å². The van der Waals surface area contributed by atoms with Gasteiger partial charge in [0.05, 0.1) is 5.92 Å². The van der Waals surface area contributed by atoms with E-state index >= 15 is 0 Å². The number of hydrogen-bond acceptors (Lipinski definition) is 5. The third kappa shape index (κ3) is 4.44. The summed E-state index contributed by atoms with van der Waals surface area (Å²) in [7, 11) is 0. The van der Waals surface area contributed by atoms with E-state index in [1.165, 1.54) is 0 Å². The van der Waals surface area contributed by atoms with Crippen molar-refractivity contribution in [1.29, 1.82) is 0 Å². The van der Waals surface area contributed by atoms with Crippen molar-refractivity contribution in [3.63, 3.8) is 0 Å². The summed E-state index contributed by atoms with van der Waals surface area (Å²) in [5, 5.41) is 3.31. The highest BCUT2D eigenvalue weighted by Crippen LogP contribution is 2.16. The van der Waals surface area contributed by atoms with Crippen molar-refractivity contribution >= 4 is 36.7 Å². The SMILES string of the molecule is Cl.Cl.O=C([C@@H]1CCCNC1)N1CCN(c2ncccn2)CC1. The predicted octanol–water partition coefficient (Wildman–Crippen LogP) is 0.968. The Balaban J connectivity index is 0.00000121. The molecule has 1 aromatic rings. The summed E-state index contributed by atoms with van der Waals surface area (Å²) in [5.41, 5.74) is 0. The van der Waals surface area contributed by atoms with Crippen LogP contribution in [0.5, 0.6) is 0 Å². The highest BCUT2D eigenvalue weighted by molar-refractivity contribution is 5.85. The third-order valence-electron chi connectivity index (χ3n) is 4.07. The Bertz CT molecular complexity index is 448. The first-order valence-corrected chi connectivity index (χ1v) is 7.36. The van der Waals surface area contributed by atoms with Crippen molar-refractivity contribution in [3.8, 4) is 0 Å². The maximum absolute atomic E-state index is 12.4. The number of rotatable bonds is 2. The van der Waals surface area contributed by atoms with E-state index in [4.69, 9.17) is 0 Å². The molecule has 1 N–H and O–H groups in total. The average molecular weight is 348 g/mol. The molecule has 0 aromatic carbocycles. The Morgan fingerprint density at radius 2 is 1.82 bits per heavy atom. The van der Waals surface area contributed by atoms with Gasteiger partial charge in [0.25, 0.3) is 0 Å². The van der Waals surface area contributed by atoms with Crippen LogP contribution in [0, 0.1) is 5.92 Å². The molecule has 0 aliphatic carbocycles. The number of amides is 1. The van der Waals surface area contributed by atoms with E-state index in [-0.39, 0.29) is 30.7 Å². The van der Waals surface area contributed by atoms with Gasteiger partial charge >= 0.3 is 0 Å². The number of hydrogen-bond donors (Lipinski definition) is 1. The van der Waals surface area contributed by atoms with Gasteiger partial charge in [-0.3, -0.25) is 4.79 Å². The Hall–Kier alpha value is -1.11. The number of halogens is 2. The Morgan fingerprint density at radius 3 is 2.41 bits per heavy atom. The van der Waals surface area contributed by atoms with E-state index in [1.807, 2.05) is 11.0 Å². The molecule has 1 amide bonds. The summed E-state index contributed by atoms with van der Waals surface area (Å²) in [6.07, 6.45) is 5.64. The highest BCUT2D eigenvalue weighted by atomic mass is 35.5. The Morgan fingerprint density at radius 1 is 1.14 bits per heavy atom. The molecule has 8 heteroatoms. The van der Waals surface area contributed by atoms with Crippen LogP contribution >= 0.6 is 24.8 Å². The number of carbonyl (C=O) groups is 1. The molecule has 0 spiro atoms. The van der Waals surface area contributed by atoms with Crippen molar-refractivity contribution < 1.29 is 4.79 Å². The monoisotopic (exact) mass is 347 g/mol. The Labute approximate surface area is 143 Å². The van der Waals surface area contributed by atoms with Gasteiger partial charge in [0.15, 0.2) is 0 Å². The number of aromatic nitrogens is 2. The normalized spacial score (nSPS) is 21.5. The standard InChI is InChI=1S/C14H21N5O.2ClH/c20-13(12-3-1-4-15-11-12)18-7-9-19(10-8-18)14-16-5-2-6-17-14;;/h2,5-6,12,15H,1,3-4,7-11H2;2*1H/t12-;;/m1../s1. The van der Waals surface area contributed by atoms with Gasteiger partial charge in [0.1, 0.15) is 0 Å². The van der Waals surface area contributed by atoms with Crippen molar-refractivity contribution in [1.82, 2.24) is 20.2 Å². The first-order chi connectivity index (χ1) is 9.84. The van der Waals surface area contributed by atoms with Crippen LogP contribution in [-0.2, 0) is 4.79 Å². The molecule has 1 aromatic heterocycles. The van der Waals surface area contributed by atoms with Crippen molar-refractivity contribution in [2.45, 2.75) is 12.8 Å². The highest BCUT2D eigenvalue weighted by Gasteiger charge is 2.28. The second kappa shape index (κ2) is 9.12. The number of piperazine rings is 1. The lowest BCUT2D eigenvalue weighted by Crippen LogP contribution is -2.52. The van der Waals surface area contributed by atoms with E-state index in [9.17, 15) is 4.79 Å². The fraction of sp³-hybridized carbons (Fsp3) is 0.643. The minimum absolute atomic E-state index is 0. The number of piperidine rings is 1. The average Bonchev–Trinajstić information content (AvgIpc) is 2.56. The summed E-state index contributed by atoms with van der Waals surface area (Å²) in [4.78, 5) is 25.1. The van der Waals surface area contributed by atoms with E-state index in [2.05, 4.69) is 20.2 Å². The van der Waals surface area contributed by atoms with Gasteiger partial charge in [-0.1, -0.05) is 0 Å². The number of carbonyl (C=O) groups excluding carboxylic acids is 1. The number of anilines is 1. The number of nitrogens with zero attached hydrogens (tertiary/aromatic N) is 4. The van der Waals surface area contributed by atoms with Crippen molar-refractivity contribution in [3.05, 3.63) is 18.5 Å². The zero-order chi connectivity index (χ0) is 13.8. The van der Waals surface area contributed by atoms with Crippen LogP contribution in [-0.4, -0.2) is 60.0 Å². The molecule has 2 fully saturated rings. The lowest BCUT2D eigenvalue weighted by molar-refractivity contribution is -0.136. The van der Waals surface area contributed by atoms with Gasteiger partial charge in [0, 0.05) is 45.1 Å². The largest absolute Gasteiger partial charge is 0.339 e. The first-order valence-electron chi connectivity index (χ1n) is 7.36. The second-order valence-corrected chi connectivity index (χ2v) is 5.40. The molecule has 0 bridgehead atoms. The molecule has 2 aliphatic rings. The quantitative estimate of drug-likeness (QED) is 0.863. The Kier molecular flexibility index (Phi) is 7.85. The number of nitrogens with one attached hydrogen (secondary N) is 1. The minimum atomic E-state index is 0. The van der Waals surface area contributed by atoms with Crippen LogP contribution in [0.25, 0.3) is 0 Å². The van der Waals surface area contributed by atoms with Gasteiger partial charge in [-0.2, -0.15) is 0 Å². The van der Waals surface area contributed by atoms with Crippen molar-refractivity contribution in [2.75, 3.05) is 44.2 Å². The van der Waals surface area contributed by atoms with Crippen LogP contribution in [0.4, 0.5) is 5.95 Å². The summed E-state index contributed by atoms with van der Waals surface area (Å²) in [6, 6.07) is 1.82. The van der Waals surface area contributed by atoms with Crippen LogP contribution in [0.3, 0.4) is 0 Å². The molecule has 1 atom stereocenters. The lowest BCUT2D eigenvalue weighted by atomic mass is 9.98. The first kappa shape index (κ1) is 18.9. The molecule has 3 rings (SSSR count). The molecule has 124 valence electrons. The fourth-order valence-electron chi connectivity index (χ4n) is 2.90. The van der Waals surface area contributed by atoms with Crippen LogP contribution in [0.15, 0.2) is 18.5 Å². The van der Waals surface area contributed by atoms with Gasteiger partial charge < -0.3 is 15.1 Å². The van der Waals surface area contributed by atoms with Crippen LogP contribution in [0.2, 0.25) is 0 Å². The van der Waals surface area contributed by atoms with E-state index in [0.717, 1.165) is 58.1 Å². The third-order valence-corrected chi connectivity index (χ3v) is 4.07. The fourth-order valence-corrected chi connectivity index (χ4v) is 2.90. The molecule has 22 heavy (non-hydrogen) atoms. The predicted molar refractivity (Wildman–Crippen MR) is 90.9 cm³/mol. The van der Waals surface area contributed by atoms with Gasteiger partial charge in [-0.25, -0.2) is 9.97 Å². The molecule has 6 nitrogen and oxygen atoms in total. The van der Waals surface area contributed by atoms with Crippen LogP contribution in [0.1, 0.15) is 12.8 Å². The lowest BCUT2D eigenvalue weighted by Gasteiger charge is -2.37. The van der Waals surface area contributed by atoms with Gasteiger partial charge in [0.2, 0.25) is 11.9 Å². The molecule has 0 unspecified atom stereocenters. The molecular formula is C14H23Cl2N5O. The van der Waals surface area contributed by atoms with Crippen molar-refractivity contribution in [2.24, 2.45) is 5.92 Å². The maximum Gasteiger partial charge on any atom is 0.227 e. The van der Waals surface area contributed by atoms with Gasteiger partial charge in [-0.15, -0.1) is 24.8 Å². The zero-order valence-corrected chi connectivity index (χ0v) is 14.1. The van der Waals surface area contributed by atoms with Gasteiger partial charge in [-0.05, 0) is 25.5 Å². The molecule has 2 saturated heterocycles. The maximum atomic E-state index is 12.4. The summed E-state index contributed by atoms with van der Waals surface area (Å²) < 4.78 is 0. The molecule has 0 radical (unpaired) electrons. The topological polar surface area (TPSA) is 61.4 Å². The molecular weight excluding hydrogens is 325 g/mol. The second-order valence-electron chi connectivity index (χ2n) is 5.40. The van der Waals surface area contributed by atoms with E-state index in [0.29, 0.717) is 5.91 Å². The smallest absolute Gasteiger partial charge is 0.227 e. The summed E-state index contributed by atoms with van der Waals surface area (Å²) in [5.74, 6) is 1.24.